The fraction of sp³-hybridized carbons (Fsp3) is 0.250. The zero-order valence-corrected chi connectivity index (χ0v) is 15.6. The molecule has 2 aliphatic rings. The summed E-state index contributed by atoms with van der Waals surface area (Å²) >= 11 is 0. The van der Waals surface area contributed by atoms with Gasteiger partial charge in [0, 0.05) is 17.3 Å². The Balaban J connectivity index is 1.51. The number of nitrogens with zero attached hydrogens (tertiary/aromatic N) is 2. The van der Waals surface area contributed by atoms with Gasteiger partial charge in [-0.25, -0.2) is 4.79 Å². The predicted octanol–water partition coefficient (Wildman–Crippen LogP) is 2.24. The SMILES string of the molecule is Cc1ccc(NC(=O)CN2C(=O)N[C@]3(CCc4ccccc43)C2=O)cc1[N+](=O)[O-]. The number of nitro benzene ring substituents is 1. The number of nitro groups is 1. The molecule has 4 amide bonds. The van der Waals surface area contributed by atoms with Gasteiger partial charge in [-0.15, -0.1) is 0 Å². The molecular weight excluding hydrogens is 376 g/mol. The first-order chi connectivity index (χ1) is 13.8. The lowest BCUT2D eigenvalue weighted by molar-refractivity contribution is -0.385. The average molecular weight is 394 g/mol. The summed E-state index contributed by atoms with van der Waals surface area (Å²) in [5.74, 6) is -1.08. The summed E-state index contributed by atoms with van der Waals surface area (Å²) < 4.78 is 0. The van der Waals surface area contributed by atoms with Crippen LogP contribution in [0.3, 0.4) is 0 Å². The third-order valence-corrected chi connectivity index (χ3v) is 5.41. The molecule has 1 spiro atoms. The number of urea groups is 1. The summed E-state index contributed by atoms with van der Waals surface area (Å²) in [6, 6.07) is 11.1. The van der Waals surface area contributed by atoms with Crippen LogP contribution in [-0.4, -0.2) is 34.2 Å². The van der Waals surface area contributed by atoms with E-state index in [9.17, 15) is 24.5 Å². The van der Waals surface area contributed by atoms with Crippen LogP contribution in [0.1, 0.15) is 23.1 Å². The number of hydrogen-bond acceptors (Lipinski definition) is 5. The number of nitrogens with one attached hydrogen (secondary N) is 2. The molecule has 9 nitrogen and oxygen atoms in total. The molecule has 0 aromatic heterocycles. The van der Waals surface area contributed by atoms with Gasteiger partial charge in [0.15, 0.2) is 0 Å². The first-order valence-electron chi connectivity index (χ1n) is 9.09. The van der Waals surface area contributed by atoms with Crippen molar-refractivity contribution in [2.45, 2.75) is 25.3 Å². The smallest absolute Gasteiger partial charge is 0.324 e. The molecule has 0 bridgehead atoms. The second-order valence-electron chi connectivity index (χ2n) is 7.19. The van der Waals surface area contributed by atoms with Crippen LogP contribution in [0.2, 0.25) is 0 Å². The molecule has 29 heavy (non-hydrogen) atoms. The van der Waals surface area contributed by atoms with Crippen LogP contribution in [-0.2, 0) is 21.5 Å². The third-order valence-electron chi connectivity index (χ3n) is 5.41. The maximum absolute atomic E-state index is 13.1. The molecule has 4 rings (SSSR count). The van der Waals surface area contributed by atoms with Crippen LogP contribution in [0, 0.1) is 17.0 Å². The maximum atomic E-state index is 13.1. The van der Waals surface area contributed by atoms with Gasteiger partial charge in [0.25, 0.3) is 11.6 Å². The molecule has 0 unspecified atom stereocenters. The minimum Gasteiger partial charge on any atom is -0.324 e. The lowest BCUT2D eigenvalue weighted by Crippen LogP contribution is -2.43. The Hall–Kier alpha value is -3.75. The largest absolute Gasteiger partial charge is 0.325 e. The number of anilines is 1. The standard InChI is InChI=1S/C20H18N4O5/c1-12-6-7-14(10-16(12)24(28)29)21-17(25)11-23-18(26)20(22-19(23)27)9-8-13-4-2-3-5-15(13)20/h2-7,10H,8-9,11H2,1H3,(H,21,25)(H,22,27)/t20-/m0/s1. The Morgan fingerprint density at radius 1 is 1.28 bits per heavy atom. The number of carbonyl (C=O) groups is 3. The van der Waals surface area contributed by atoms with Crippen LogP contribution in [0.4, 0.5) is 16.2 Å². The number of aryl methyl sites for hydroxylation is 2. The second-order valence-corrected chi connectivity index (χ2v) is 7.19. The lowest BCUT2D eigenvalue weighted by atomic mass is 9.92. The topological polar surface area (TPSA) is 122 Å². The molecule has 1 fully saturated rings. The molecule has 148 valence electrons. The van der Waals surface area contributed by atoms with Crippen molar-refractivity contribution in [2.24, 2.45) is 0 Å². The molecule has 1 aliphatic carbocycles. The highest BCUT2D eigenvalue weighted by Crippen LogP contribution is 2.41. The maximum Gasteiger partial charge on any atom is 0.325 e. The van der Waals surface area contributed by atoms with Crippen LogP contribution >= 0.6 is 0 Å². The van der Waals surface area contributed by atoms with Crippen molar-refractivity contribution in [3.63, 3.8) is 0 Å². The highest BCUT2D eigenvalue weighted by Gasteiger charge is 2.55. The summed E-state index contributed by atoms with van der Waals surface area (Å²) in [4.78, 5) is 49.3. The fourth-order valence-electron chi connectivity index (χ4n) is 3.96. The van der Waals surface area contributed by atoms with E-state index in [1.54, 1.807) is 6.92 Å². The van der Waals surface area contributed by atoms with E-state index in [-0.39, 0.29) is 11.4 Å². The molecule has 2 aromatic rings. The minimum absolute atomic E-state index is 0.126. The van der Waals surface area contributed by atoms with Gasteiger partial charge < -0.3 is 10.6 Å². The van der Waals surface area contributed by atoms with Gasteiger partial charge in [-0.1, -0.05) is 30.3 Å². The van der Waals surface area contributed by atoms with Crippen molar-refractivity contribution < 1.29 is 19.3 Å². The van der Waals surface area contributed by atoms with Gasteiger partial charge in [0.2, 0.25) is 5.91 Å². The van der Waals surface area contributed by atoms with Gasteiger partial charge in [-0.3, -0.25) is 24.6 Å². The van der Waals surface area contributed by atoms with Crippen LogP contribution in [0.15, 0.2) is 42.5 Å². The summed E-state index contributed by atoms with van der Waals surface area (Å²) in [7, 11) is 0. The molecule has 1 atom stereocenters. The Bertz CT molecular complexity index is 1070. The molecular formula is C20H18N4O5. The van der Waals surface area contributed by atoms with E-state index in [2.05, 4.69) is 10.6 Å². The van der Waals surface area contributed by atoms with Gasteiger partial charge in [-0.05, 0) is 37.0 Å². The quantitative estimate of drug-likeness (QED) is 0.468. The molecule has 2 N–H and O–H groups in total. The number of hydrogen-bond donors (Lipinski definition) is 2. The molecule has 2 aromatic carbocycles. The van der Waals surface area contributed by atoms with Crippen LogP contribution in [0.25, 0.3) is 0 Å². The van der Waals surface area contributed by atoms with Crippen molar-refractivity contribution in [3.05, 3.63) is 69.3 Å². The van der Waals surface area contributed by atoms with E-state index in [0.717, 1.165) is 16.0 Å². The van der Waals surface area contributed by atoms with E-state index in [1.807, 2.05) is 24.3 Å². The molecule has 1 heterocycles. The van der Waals surface area contributed by atoms with Crippen molar-refractivity contribution >= 4 is 29.2 Å². The number of amides is 4. The van der Waals surface area contributed by atoms with Gasteiger partial charge in [0.1, 0.15) is 12.1 Å². The molecule has 0 radical (unpaired) electrons. The summed E-state index contributed by atoms with van der Waals surface area (Å²) in [6.45, 7) is 1.12. The van der Waals surface area contributed by atoms with E-state index >= 15 is 0 Å². The fourth-order valence-corrected chi connectivity index (χ4v) is 3.96. The van der Waals surface area contributed by atoms with Gasteiger partial charge in [0.05, 0.1) is 4.92 Å². The molecule has 1 aliphatic heterocycles. The first-order valence-corrected chi connectivity index (χ1v) is 9.09. The third kappa shape index (κ3) is 3.00. The van der Waals surface area contributed by atoms with Crippen LogP contribution in [0.5, 0.6) is 0 Å². The highest BCUT2D eigenvalue weighted by molar-refractivity contribution is 6.11. The van der Waals surface area contributed by atoms with Crippen molar-refractivity contribution in [1.82, 2.24) is 10.2 Å². The first kappa shape index (κ1) is 18.6. The molecule has 1 saturated heterocycles. The number of carbonyl (C=O) groups excluding carboxylic acids is 3. The Kier molecular flexibility index (Phi) is 4.30. The monoisotopic (exact) mass is 394 g/mol. The predicted molar refractivity (Wildman–Crippen MR) is 103 cm³/mol. The zero-order valence-electron chi connectivity index (χ0n) is 15.6. The summed E-state index contributed by atoms with van der Waals surface area (Å²) in [5, 5.41) is 16.3. The van der Waals surface area contributed by atoms with Gasteiger partial charge >= 0.3 is 6.03 Å². The van der Waals surface area contributed by atoms with Crippen molar-refractivity contribution in [2.75, 3.05) is 11.9 Å². The lowest BCUT2D eigenvalue weighted by Gasteiger charge is -2.22. The van der Waals surface area contributed by atoms with E-state index < -0.39 is 34.9 Å². The molecule has 9 heteroatoms. The van der Waals surface area contributed by atoms with E-state index in [0.29, 0.717) is 18.4 Å². The minimum atomic E-state index is -1.13. The van der Waals surface area contributed by atoms with Crippen LogP contribution < -0.4 is 10.6 Å². The summed E-state index contributed by atoms with van der Waals surface area (Å²) in [6.07, 6.45) is 1.11. The van der Waals surface area contributed by atoms with Gasteiger partial charge in [-0.2, -0.15) is 0 Å². The number of fused-ring (bicyclic) bond motifs is 2. The van der Waals surface area contributed by atoms with E-state index in [1.165, 1.54) is 18.2 Å². The second kappa shape index (κ2) is 6.69. The average Bonchev–Trinajstić information content (AvgIpc) is 3.17. The van der Waals surface area contributed by atoms with E-state index in [4.69, 9.17) is 0 Å². The normalized spacial score (nSPS) is 20.0. The Morgan fingerprint density at radius 3 is 2.79 bits per heavy atom. The molecule has 0 saturated carbocycles. The highest BCUT2D eigenvalue weighted by atomic mass is 16.6. The van der Waals surface area contributed by atoms with Crippen molar-refractivity contribution in [3.8, 4) is 0 Å². The Labute approximate surface area is 165 Å². The number of benzene rings is 2. The number of imide groups is 1. The van der Waals surface area contributed by atoms with Crippen molar-refractivity contribution in [1.29, 1.82) is 0 Å². The zero-order chi connectivity index (χ0) is 20.8. The summed E-state index contributed by atoms with van der Waals surface area (Å²) in [5.41, 5.74) is 1.19. The Morgan fingerprint density at radius 2 is 2.03 bits per heavy atom. The number of rotatable bonds is 4.